The number of nitrogens with one attached hydrogen (secondary N) is 1. The van der Waals surface area contributed by atoms with E-state index in [-0.39, 0.29) is 5.91 Å². The zero-order chi connectivity index (χ0) is 20.8. The van der Waals surface area contributed by atoms with Crippen LogP contribution in [0.5, 0.6) is 5.75 Å². The van der Waals surface area contributed by atoms with Crippen LogP contribution in [0.15, 0.2) is 42.0 Å². The topological polar surface area (TPSA) is 80.2 Å². The summed E-state index contributed by atoms with van der Waals surface area (Å²) in [5.74, 6) is 1.36. The largest absolute Gasteiger partial charge is 0.497 e. The Morgan fingerprint density at radius 3 is 2.55 bits per heavy atom. The number of anilines is 2. The zero-order valence-corrected chi connectivity index (χ0v) is 17.9. The second-order valence-electron chi connectivity index (χ2n) is 6.55. The predicted octanol–water partition coefficient (Wildman–Crippen LogP) is 4.49. The maximum Gasteiger partial charge on any atom is 0.259 e. The molecule has 0 saturated heterocycles. The second kappa shape index (κ2) is 9.47. The van der Waals surface area contributed by atoms with E-state index in [4.69, 9.17) is 4.74 Å². The summed E-state index contributed by atoms with van der Waals surface area (Å²) in [6.45, 7) is 4.29. The molecule has 0 atom stereocenters. The molecule has 0 bridgehead atoms. The molecule has 0 aliphatic rings. The van der Waals surface area contributed by atoms with Crippen molar-refractivity contribution in [1.29, 1.82) is 0 Å². The molecular formula is C21H25N5O2S. The molecule has 0 unspecified atom stereocenters. The van der Waals surface area contributed by atoms with Gasteiger partial charge in [-0.15, -0.1) is 11.3 Å². The average molecular weight is 412 g/mol. The molecule has 3 aromatic rings. The van der Waals surface area contributed by atoms with Crippen LogP contribution >= 0.6 is 11.3 Å². The molecule has 0 radical (unpaired) electrons. The monoisotopic (exact) mass is 411 g/mol. The number of rotatable bonds is 8. The number of hydrogen-bond donors (Lipinski definition) is 1. The van der Waals surface area contributed by atoms with Crippen LogP contribution < -0.4 is 15.0 Å². The number of nitrogens with zero attached hydrogens (tertiary/aromatic N) is 4. The molecule has 2 heterocycles. The molecule has 152 valence electrons. The zero-order valence-electron chi connectivity index (χ0n) is 17.0. The first-order chi connectivity index (χ1) is 14.0. The van der Waals surface area contributed by atoms with E-state index in [9.17, 15) is 4.79 Å². The van der Waals surface area contributed by atoms with Crippen LogP contribution in [0.2, 0.25) is 0 Å². The van der Waals surface area contributed by atoms with Gasteiger partial charge in [-0.1, -0.05) is 13.8 Å². The van der Waals surface area contributed by atoms with Crippen molar-refractivity contribution in [2.75, 3.05) is 24.4 Å². The number of aromatic nitrogens is 3. The van der Waals surface area contributed by atoms with Gasteiger partial charge in [0.05, 0.1) is 12.8 Å². The summed E-state index contributed by atoms with van der Waals surface area (Å²) in [6.07, 6.45) is 3.58. The van der Waals surface area contributed by atoms with Gasteiger partial charge in [0.2, 0.25) is 0 Å². The molecule has 29 heavy (non-hydrogen) atoms. The minimum atomic E-state index is -0.132. The van der Waals surface area contributed by atoms with Gasteiger partial charge in [0, 0.05) is 30.1 Å². The van der Waals surface area contributed by atoms with Gasteiger partial charge in [-0.25, -0.2) is 15.0 Å². The lowest BCUT2D eigenvalue weighted by atomic mass is 10.2. The number of hydrogen-bond acceptors (Lipinski definition) is 7. The lowest BCUT2D eigenvalue weighted by molar-refractivity contribution is 0.0993. The molecule has 7 nitrogen and oxygen atoms in total. The quantitative estimate of drug-likeness (QED) is 0.588. The number of methoxy groups -OCH3 is 1. The standard InChI is InChI=1S/C21H25N5O2S/c1-5-15(6-2)24-19-11-17(22-13-23-19)18-12-29-21(25-18)26(3)20(27)14-7-9-16(28-4)10-8-14/h7-13,15H,5-6H2,1-4H3,(H,22,23,24). The van der Waals surface area contributed by atoms with E-state index in [1.54, 1.807) is 43.3 Å². The Bertz CT molecular complexity index is 954. The summed E-state index contributed by atoms with van der Waals surface area (Å²) in [4.78, 5) is 27.5. The van der Waals surface area contributed by atoms with Crippen molar-refractivity contribution in [1.82, 2.24) is 15.0 Å². The lowest BCUT2D eigenvalue weighted by Gasteiger charge is -2.15. The summed E-state index contributed by atoms with van der Waals surface area (Å²) in [5.41, 5.74) is 2.01. The molecule has 0 saturated carbocycles. The maximum absolute atomic E-state index is 12.7. The van der Waals surface area contributed by atoms with Crippen LogP contribution in [0, 0.1) is 0 Å². The fourth-order valence-electron chi connectivity index (χ4n) is 2.83. The van der Waals surface area contributed by atoms with E-state index >= 15 is 0 Å². The van der Waals surface area contributed by atoms with Gasteiger partial charge in [-0.3, -0.25) is 9.69 Å². The molecule has 0 fully saturated rings. The van der Waals surface area contributed by atoms with Gasteiger partial charge in [-0.2, -0.15) is 0 Å². The van der Waals surface area contributed by atoms with E-state index in [1.807, 2.05) is 11.4 Å². The van der Waals surface area contributed by atoms with Crippen molar-refractivity contribution in [3.8, 4) is 17.1 Å². The normalized spacial score (nSPS) is 10.8. The summed E-state index contributed by atoms with van der Waals surface area (Å²) in [7, 11) is 3.31. The number of benzene rings is 1. The molecule has 1 N–H and O–H groups in total. The summed E-state index contributed by atoms with van der Waals surface area (Å²) in [6, 6.07) is 9.28. The van der Waals surface area contributed by atoms with Crippen molar-refractivity contribution >= 4 is 28.2 Å². The summed E-state index contributed by atoms with van der Waals surface area (Å²) < 4.78 is 5.14. The van der Waals surface area contributed by atoms with Gasteiger partial charge in [0.1, 0.15) is 23.6 Å². The third-order valence-electron chi connectivity index (χ3n) is 4.69. The molecule has 0 aliphatic heterocycles. The Morgan fingerprint density at radius 1 is 1.17 bits per heavy atom. The minimum Gasteiger partial charge on any atom is -0.497 e. The van der Waals surface area contributed by atoms with Crippen molar-refractivity contribution in [2.24, 2.45) is 0 Å². The first-order valence-corrected chi connectivity index (χ1v) is 10.4. The maximum atomic E-state index is 12.7. The Labute approximate surface area is 174 Å². The van der Waals surface area contributed by atoms with E-state index in [0.29, 0.717) is 22.5 Å². The van der Waals surface area contributed by atoms with E-state index in [0.717, 1.165) is 30.0 Å². The fourth-order valence-corrected chi connectivity index (χ4v) is 3.61. The molecule has 2 aromatic heterocycles. The first kappa shape index (κ1) is 20.7. The minimum absolute atomic E-state index is 0.132. The van der Waals surface area contributed by atoms with Crippen LogP contribution in [0.25, 0.3) is 11.4 Å². The third kappa shape index (κ3) is 4.89. The molecule has 0 aliphatic carbocycles. The molecular weight excluding hydrogens is 386 g/mol. The van der Waals surface area contributed by atoms with Gasteiger partial charge in [0.15, 0.2) is 5.13 Å². The smallest absolute Gasteiger partial charge is 0.259 e. The Balaban J connectivity index is 1.76. The molecule has 0 spiro atoms. The highest BCUT2D eigenvalue weighted by Gasteiger charge is 2.18. The average Bonchev–Trinajstić information content (AvgIpc) is 3.27. The van der Waals surface area contributed by atoms with E-state index < -0.39 is 0 Å². The van der Waals surface area contributed by atoms with Gasteiger partial charge in [0.25, 0.3) is 5.91 Å². The van der Waals surface area contributed by atoms with Crippen LogP contribution in [-0.2, 0) is 0 Å². The summed E-state index contributed by atoms with van der Waals surface area (Å²) in [5, 5.41) is 5.92. The SMILES string of the molecule is CCC(CC)Nc1cc(-c2csc(N(C)C(=O)c3ccc(OC)cc3)n2)ncn1. The number of carbonyl (C=O) groups is 1. The number of amides is 1. The van der Waals surface area contributed by atoms with Crippen molar-refractivity contribution in [2.45, 2.75) is 32.7 Å². The van der Waals surface area contributed by atoms with E-state index in [1.165, 1.54) is 17.7 Å². The Hall–Kier alpha value is -3.00. The number of ether oxygens (including phenoxy) is 1. The Morgan fingerprint density at radius 2 is 1.90 bits per heavy atom. The highest BCUT2D eigenvalue weighted by atomic mass is 32.1. The second-order valence-corrected chi connectivity index (χ2v) is 7.39. The lowest BCUT2D eigenvalue weighted by Crippen LogP contribution is -2.26. The number of carbonyl (C=O) groups excluding carboxylic acids is 1. The van der Waals surface area contributed by atoms with Gasteiger partial charge >= 0.3 is 0 Å². The predicted molar refractivity (Wildman–Crippen MR) is 117 cm³/mol. The van der Waals surface area contributed by atoms with E-state index in [2.05, 4.69) is 34.1 Å². The molecule has 1 aromatic carbocycles. The Kier molecular flexibility index (Phi) is 6.77. The highest BCUT2D eigenvalue weighted by molar-refractivity contribution is 7.14. The highest BCUT2D eigenvalue weighted by Crippen LogP contribution is 2.27. The van der Waals surface area contributed by atoms with Crippen LogP contribution in [0.4, 0.5) is 10.9 Å². The molecule has 1 amide bonds. The van der Waals surface area contributed by atoms with Gasteiger partial charge < -0.3 is 10.1 Å². The van der Waals surface area contributed by atoms with Gasteiger partial charge in [-0.05, 0) is 37.1 Å². The third-order valence-corrected chi connectivity index (χ3v) is 5.60. The first-order valence-electron chi connectivity index (χ1n) is 9.52. The fraction of sp³-hybridized carbons (Fsp3) is 0.333. The molecule has 3 rings (SSSR count). The number of thiazole rings is 1. The van der Waals surface area contributed by atoms with Crippen molar-refractivity contribution < 1.29 is 9.53 Å². The van der Waals surface area contributed by atoms with Crippen molar-refractivity contribution in [3.63, 3.8) is 0 Å². The molecule has 8 heteroatoms. The van der Waals surface area contributed by atoms with Crippen LogP contribution in [0.1, 0.15) is 37.0 Å². The van der Waals surface area contributed by atoms with Crippen LogP contribution in [-0.4, -0.2) is 41.1 Å². The summed E-state index contributed by atoms with van der Waals surface area (Å²) >= 11 is 1.40. The van der Waals surface area contributed by atoms with Crippen molar-refractivity contribution in [3.05, 3.63) is 47.6 Å². The van der Waals surface area contributed by atoms with Crippen LogP contribution in [0.3, 0.4) is 0 Å².